The third kappa shape index (κ3) is 12.0. The summed E-state index contributed by atoms with van der Waals surface area (Å²) in [5, 5.41) is 39.8. The number of aliphatic hydroxyl groups excluding tert-OH is 1. The second kappa shape index (κ2) is 19.2. The number of carbonyl (C=O) groups is 5. The van der Waals surface area contributed by atoms with E-state index in [9.17, 15) is 44.4 Å². The Morgan fingerprint density at radius 3 is 1.94 bits per heavy atom. The van der Waals surface area contributed by atoms with Crippen LogP contribution < -0.4 is 4.90 Å². The van der Waals surface area contributed by atoms with Gasteiger partial charge in [-0.1, -0.05) is 12.1 Å². The molecule has 1 amide bonds. The van der Waals surface area contributed by atoms with Gasteiger partial charge in [-0.05, 0) is 24.6 Å². The molecule has 17 nitrogen and oxygen atoms in total. The summed E-state index contributed by atoms with van der Waals surface area (Å²) in [6.07, 6.45) is 1.77. The minimum atomic E-state index is -1.13. The fourth-order valence-corrected chi connectivity index (χ4v) is 6.34. The maximum Gasteiger partial charge on any atom is 0.386 e. The highest BCUT2D eigenvalue weighted by atomic mass is 16.5. The van der Waals surface area contributed by atoms with E-state index in [1.165, 1.54) is 7.11 Å². The van der Waals surface area contributed by atoms with Crippen molar-refractivity contribution >= 4 is 52.6 Å². The lowest BCUT2D eigenvalue weighted by Crippen LogP contribution is -2.52. The number of amides is 1. The number of hydrogen-bond acceptors (Lipinski definition) is 13. The quantitative estimate of drug-likeness (QED) is 0.144. The van der Waals surface area contributed by atoms with Gasteiger partial charge in [-0.3, -0.25) is 43.8 Å². The van der Waals surface area contributed by atoms with Crippen LogP contribution in [0.1, 0.15) is 18.5 Å². The van der Waals surface area contributed by atoms with Crippen molar-refractivity contribution in [3.63, 3.8) is 0 Å². The molecule has 1 aromatic heterocycles. The number of anilines is 1. The Morgan fingerprint density at radius 2 is 1.41 bits per heavy atom. The molecule has 1 unspecified atom stereocenters. The summed E-state index contributed by atoms with van der Waals surface area (Å²) in [6.45, 7) is 2.56. The van der Waals surface area contributed by atoms with Gasteiger partial charge in [0.25, 0.3) is 0 Å². The Bertz CT molecular complexity index is 1560. The molecule has 0 spiro atoms. The first kappa shape index (κ1) is 39.2. The van der Waals surface area contributed by atoms with Gasteiger partial charge in [-0.15, -0.1) is 0 Å². The topological polar surface area (TPSA) is 208 Å². The molecular formula is C34H48N7O10+. The Labute approximate surface area is 295 Å². The number of rotatable bonds is 13. The lowest BCUT2D eigenvalue weighted by atomic mass is 10.1. The van der Waals surface area contributed by atoms with Crippen LogP contribution in [0.25, 0.3) is 10.9 Å². The molecule has 1 saturated heterocycles. The van der Waals surface area contributed by atoms with Crippen molar-refractivity contribution in [2.24, 2.45) is 0 Å². The molecular weight excluding hydrogens is 666 g/mol. The lowest BCUT2D eigenvalue weighted by molar-refractivity contribution is -0.446. The fraction of sp³-hybridized carbons (Fsp3) is 0.559. The zero-order chi connectivity index (χ0) is 36.9. The Hall–Kier alpha value is -4.55. The van der Waals surface area contributed by atoms with Crippen LogP contribution in [-0.2, 0) is 35.3 Å². The maximum atomic E-state index is 13.3. The van der Waals surface area contributed by atoms with E-state index < -0.39 is 29.9 Å². The summed E-state index contributed by atoms with van der Waals surface area (Å²) in [6, 6.07) is 8.51. The van der Waals surface area contributed by atoms with Crippen molar-refractivity contribution < 1.29 is 53.7 Å². The first-order valence-corrected chi connectivity index (χ1v) is 17.0. The van der Waals surface area contributed by atoms with E-state index >= 15 is 0 Å². The highest BCUT2D eigenvalue weighted by Crippen LogP contribution is 2.22. The molecule has 1 atom stereocenters. The van der Waals surface area contributed by atoms with E-state index in [0.717, 1.165) is 16.6 Å². The number of aliphatic carboxylic acids is 3. The summed E-state index contributed by atoms with van der Waals surface area (Å²) < 4.78 is 6.40. The van der Waals surface area contributed by atoms with E-state index in [4.69, 9.17) is 4.74 Å². The van der Waals surface area contributed by atoms with Crippen molar-refractivity contribution in [3.05, 3.63) is 36.0 Å². The maximum absolute atomic E-state index is 13.3. The Kier molecular flexibility index (Phi) is 14.7. The van der Waals surface area contributed by atoms with E-state index in [1.54, 1.807) is 36.5 Å². The lowest BCUT2D eigenvalue weighted by Gasteiger charge is -2.35. The molecule has 0 radical (unpaired) electrons. The number of pyridine rings is 1. The van der Waals surface area contributed by atoms with Gasteiger partial charge in [0.05, 0.1) is 64.1 Å². The number of carbonyl (C=O) groups excluding carboxylic acids is 2. The SMILES string of the molecule is COC(=O)CN1CCN(CC(=O)O)CCN(C(CCC(=O)[N+]2=CCN(c3ccc4ccc(CO)nc4c3)CC2)C(=O)O)CCN(CC(=O)O)CC1. The molecule has 1 aromatic carbocycles. The van der Waals surface area contributed by atoms with E-state index in [-0.39, 0.29) is 84.3 Å². The molecule has 17 heteroatoms. The number of carboxylic acid groups (broad SMARTS) is 3. The molecule has 278 valence electrons. The molecule has 51 heavy (non-hydrogen) atoms. The van der Waals surface area contributed by atoms with Gasteiger partial charge in [0.2, 0.25) is 0 Å². The number of benzene rings is 1. The van der Waals surface area contributed by atoms with Gasteiger partial charge in [0, 0.05) is 63.4 Å². The summed E-state index contributed by atoms with van der Waals surface area (Å²) in [5.41, 5.74) is 2.27. The van der Waals surface area contributed by atoms with Gasteiger partial charge in [0.1, 0.15) is 6.04 Å². The summed E-state index contributed by atoms with van der Waals surface area (Å²) in [5.74, 6) is -3.91. The average Bonchev–Trinajstić information content (AvgIpc) is 3.11. The number of carboxylic acids is 3. The highest BCUT2D eigenvalue weighted by molar-refractivity contribution is 5.84. The fourth-order valence-electron chi connectivity index (χ4n) is 6.34. The summed E-state index contributed by atoms with van der Waals surface area (Å²) in [4.78, 5) is 74.7. The summed E-state index contributed by atoms with van der Waals surface area (Å²) in [7, 11) is 1.27. The monoisotopic (exact) mass is 714 g/mol. The molecule has 1 fully saturated rings. The smallest absolute Gasteiger partial charge is 0.386 e. The minimum absolute atomic E-state index is 0.0104. The standard InChI is InChI=1S/C34H47N7O10/c1-51-33(48)23-38-10-8-36(21-31(44)45)12-14-40(15-13-37(9-11-38)22-32(46)47)29(34(49)50)6-7-30(43)41-18-16-39(17-19-41)27-5-3-25-2-4-26(24-42)35-28(25)20-27/h2-5,18,20,29,42H,6-17,19,21-24H2,1H3,(H2-,44,45,46,47,49,50)/p+1. The first-order chi connectivity index (χ1) is 24.4. The van der Waals surface area contributed by atoms with Crippen LogP contribution in [0, 0.1) is 0 Å². The summed E-state index contributed by atoms with van der Waals surface area (Å²) >= 11 is 0. The number of aromatic nitrogens is 1. The molecule has 4 rings (SSSR count). The molecule has 2 aliphatic rings. The largest absolute Gasteiger partial charge is 0.480 e. The number of esters is 1. The van der Waals surface area contributed by atoms with Crippen molar-refractivity contribution in [1.82, 2.24) is 24.6 Å². The Morgan fingerprint density at radius 1 is 0.824 bits per heavy atom. The van der Waals surface area contributed by atoms with Crippen molar-refractivity contribution in [1.29, 1.82) is 0 Å². The van der Waals surface area contributed by atoms with Crippen molar-refractivity contribution in [3.8, 4) is 0 Å². The van der Waals surface area contributed by atoms with Gasteiger partial charge in [-0.2, -0.15) is 4.58 Å². The molecule has 3 heterocycles. The van der Waals surface area contributed by atoms with Crippen LogP contribution in [-0.4, -0.2) is 190 Å². The molecule has 2 aromatic rings. The number of ether oxygens (including phenoxy) is 1. The van der Waals surface area contributed by atoms with Gasteiger partial charge < -0.3 is 30.1 Å². The zero-order valence-corrected chi connectivity index (χ0v) is 28.9. The van der Waals surface area contributed by atoms with E-state index in [1.807, 2.05) is 24.3 Å². The third-order valence-corrected chi connectivity index (χ3v) is 9.24. The molecule has 2 aliphatic heterocycles. The molecule has 0 saturated carbocycles. The number of nitrogens with zero attached hydrogens (tertiary/aromatic N) is 7. The average molecular weight is 715 g/mol. The van der Waals surface area contributed by atoms with Crippen LogP contribution in [0.3, 0.4) is 0 Å². The highest BCUT2D eigenvalue weighted by Gasteiger charge is 2.31. The molecule has 0 bridgehead atoms. The molecule has 4 N–H and O–H groups in total. The van der Waals surface area contributed by atoms with E-state index in [0.29, 0.717) is 38.4 Å². The number of fused-ring (bicyclic) bond motifs is 1. The third-order valence-electron chi connectivity index (χ3n) is 9.24. The predicted molar refractivity (Wildman–Crippen MR) is 185 cm³/mol. The molecule has 0 aliphatic carbocycles. The van der Waals surface area contributed by atoms with Gasteiger partial charge in [0.15, 0.2) is 12.8 Å². The van der Waals surface area contributed by atoms with Crippen LogP contribution in [0.5, 0.6) is 0 Å². The van der Waals surface area contributed by atoms with E-state index in [2.05, 4.69) is 9.88 Å². The second-order valence-corrected chi connectivity index (χ2v) is 12.7. The zero-order valence-electron chi connectivity index (χ0n) is 28.9. The number of methoxy groups -OCH3 is 1. The van der Waals surface area contributed by atoms with Gasteiger partial charge in [-0.25, -0.2) is 4.79 Å². The normalized spacial score (nSPS) is 18.3. The number of hydrogen-bond donors (Lipinski definition) is 4. The van der Waals surface area contributed by atoms with Crippen LogP contribution in [0.4, 0.5) is 5.69 Å². The van der Waals surface area contributed by atoms with Crippen LogP contribution in [0.2, 0.25) is 0 Å². The number of aliphatic hydroxyl groups is 1. The Balaban J connectivity index is 1.43. The van der Waals surface area contributed by atoms with Gasteiger partial charge >= 0.3 is 29.8 Å². The minimum Gasteiger partial charge on any atom is -0.480 e. The first-order valence-electron chi connectivity index (χ1n) is 17.0. The predicted octanol–water partition coefficient (Wildman–Crippen LogP) is -1.05. The van der Waals surface area contributed by atoms with Crippen LogP contribution in [0.15, 0.2) is 30.3 Å². The van der Waals surface area contributed by atoms with Crippen molar-refractivity contribution in [2.75, 3.05) is 104 Å². The second-order valence-electron chi connectivity index (χ2n) is 12.7. The van der Waals surface area contributed by atoms with Crippen molar-refractivity contribution in [2.45, 2.75) is 25.5 Å². The van der Waals surface area contributed by atoms with Crippen LogP contribution >= 0.6 is 0 Å².